The molecule has 6 heteroatoms. The average Bonchev–Trinajstić information content (AvgIpc) is 3.17. The van der Waals surface area contributed by atoms with Crippen LogP contribution < -0.4 is 11.1 Å². The summed E-state index contributed by atoms with van der Waals surface area (Å²) in [6.07, 6.45) is 8.81. The van der Waals surface area contributed by atoms with E-state index in [1.807, 2.05) is 0 Å². The van der Waals surface area contributed by atoms with Crippen LogP contribution in [0.1, 0.15) is 55.4 Å². The first-order valence-electron chi connectivity index (χ1n) is 8.04. The van der Waals surface area contributed by atoms with Crippen molar-refractivity contribution in [2.45, 2.75) is 50.5 Å². The van der Waals surface area contributed by atoms with Gasteiger partial charge < -0.3 is 11.1 Å². The van der Waals surface area contributed by atoms with Crippen molar-refractivity contribution in [3.05, 3.63) is 11.8 Å². The Balaban J connectivity index is 1.65. The van der Waals surface area contributed by atoms with Gasteiger partial charge in [-0.1, -0.05) is 19.3 Å². The van der Waals surface area contributed by atoms with E-state index in [1.54, 1.807) is 6.07 Å². The van der Waals surface area contributed by atoms with Gasteiger partial charge in [0.15, 0.2) is 0 Å². The van der Waals surface area contributed by atoms with Crippen LogP contribution in [0.4, 0.5) is 5.82 Å². The molecule has 6 nitrogen and oxygen atoms in total. The number of H-pyrrole nitrogens is 1. The van der Waals surface area contributed by atoms with Crippen molar-refractivity contribution < 1.29 is 4.79 Å². The lowest BCUT2D eigenvalue weighted by Crippen LogP contribution is -2.55. The number of carbonyl (C=O) groups is 1. The molecule has 0 bridgehead atoms. The first-order valence-corrected chi connectivity index (χ1v) is 8.04. The fourth-order valence-corrected chi connectivity index (χ4v) is 3.80. The predicted octanol–water partition coefficient (Wildman–Crippen LogP) is 1.52. The smallest absolute Gasteiger partial charge is 0.269 e. The topological polar surface area (TPSA) is 87.0 Å². The number of rotatable bonds is 4. The van der Waals surface area contributed by atoms with Gasteiger partial charge >= 0.3 is 0 Å². The second kappa shape index (κ2) is 6.05. The van der Waals surface area contributed by atoms with Crippen molar-refractivity contribution in [1.82, 2.24) is 20.4 Å². The maximum atomic E-state index is 12.2. The molecule has 0 atom stereocenters. The summed E-state index contributed by atoms with van der Waals surface area (Å²) in [6.45, 7) is 3.07. The van der Waals surface area contributed by atoms with Gasteiger partial charge in [-0.2, -0.15) is 5.10 Å². The Morgan fingerprint density at radius 2 is 2.00 bits per heavy atom. The van der Waals surface area contributed by atoms with Crippen molar-refractivity contribution in [1.29, 1.82) is 0 Å². The minimum Gasteiger partial charge on any atom is -0.382 e. The van der Waals surface area contributed by atoms with Gasteiger partial charge in [0.1, 0.15) is 11.5 Å². The van der Waals surface area contributed by atoms with Gasteiger partial charge in [0.05, 0.1) is 0 Å². The third-order valence-corrected chi connectivity index (χ3v) is 4.98. The molecule has 4 N–H and O–H groups in total. The molecular formula is C15H25N5O. The van der Waals surface area contributed by atoms with Crippen molar-refractivity contribution in [2.24, 2.45) is 0 Å². The maximum Gasteiger partial charge on any atom is 0.269 e. The van der Waals surface area contributed by atoms with E-state index in [2.05, 4.69) is 20.4 Å². The number of nitrogen functional groups attached to an aromatic ring is 1. The van der Waals surface area contributed by atoms with E-state index in [-0.39, 0.29) is 11.4 Å². The Bertz CT molecular complexity index is 486. The van der Waals surface area contributed by atoms with Crippen LogP contribution in [-0.4, -0.2) is 46.2 Å². The van der Waals surface area contributed by atoms with E-state index in [0.717, 1.165) is 6.54 Å². The predicted molar refractivity (Wildman–Crippen MR) is 82.0 cm³/mol. The van der Waals surface area contributed by atoms with Crippen LogP contribution >= 0.6 is 0 Å². The van der Waals surface area contributed by atoms with Crippen LogP contribution in [0.25, 0.3) is 0 Å². The Kier molecular flexibility index (Phi) is 4.14. The Morgan fingerprint density at radius 3 is 2.62 bits per heavy atom. The number of nitrogens with one attached hydrogen (secondary N) is 2. The summed E-state index contributed by atoms with van der Waals surface area (Å²) in [4.78, 5) is 14.8. The quantitative estimate of drug-likeness (QED) is 0.785. The van der Waals surface area contributed by atoms with E-state index in [1.165, 1.54) is 58.0 Å². The number of nitrogens with zero attached hydrogens (tertiary/aromatic N) is 2. The number of likely N-dealkylation sites (tertiary alicyclic amines) is 1. The highest BCUT2D eigenvalue weighted by molar-refractivity contribution is 5.92. The summed E-state index contributed by atoms with van der Waals surface area (Å²) in [5, 5.41) is 9.58. The highest BCUT2D eigenvalue weighted by Gasteiger charge is 2.39. The lowest BCUT2D eigenvalue weighted by molar-refractivity contribution is 0.0650. The third kappa shape index (κ3) is 3.05. The minimum absolute atomic E-state index is 0.108. The summed E-state index contributed by atoms with van der Waals surface area (Å²) in [7, 11) is 0. The fraction of sp³-hybridized carbons (Fsp3) is 0.733. The maximum absolute atomic E-state index is 12.2. The summed E-state index contributed by atoms with van der Waals surface area (Å²) in [5.41, 5.74) is 6.16. The zero-order valence-corrected chi connectivity index (χ0v) is 12.5. The molecule has 0 unspecified atom stereocenters. The second-order valence-electron chi connectivity index (χ2n) is 6.37. The zero-order valence-electron chi connectivity index (χ0n) is 12.5. The highest BCUT2D eigenvalue weighted by atomic mass is 16.1. The molecule has 0 spiro atoms. The Hall–Kier alpha value is -1.56. The molecule has 0 aromatic carbocycles. The van der Waals surface area contributed by atoms with Crippen LogP contribution in [0.5, 0.6) is 0 Å². The molecule has 2 heterocycles. The lowest BCUT2D eigenvalue weighted by atomic mass is 9.80. The molecule has 116 valence electrons. The van der Waals surface area contributed by atoms with Crippen molar-refractivity contribution in [3.8, 4) is 0 Å². The van der Waals surface area contributed by atoms with Crippen molar-refractivity contribution in [3.63, 3.8) is 0 Å². The molecule has 1 aliphatic carbocycles. The summed E-state index contributed by atoms with van der Waals surface area (Å²) < 4.78 is 0. The summed E-state index contributed by atoms with van der Waals surface area (Å²) >= 11 is 0. The normalized spacial score (nSPS) is 22.3. The average molecular weight is 291 g/mol. The van der Waals surface area contributed by atoms with E-state index < -0.39 is 0 Å². The Labute approximate surface area is 125 Å². The molecule has 3 rings (SSSR count). The molecule has 2 fully saturated rings. The molecule has 2 aliphatic rings. The number of aromatic amines is 1. The molecule has 1 aromatic rings. The molecular weight excluding hydrogens is 266 g/mol. The summed E-state index contributed by atoms with van der Waals surface area (Å²) in [6, 6.07) is 1.58. The number of hydrogen-bond acceptors (Lipinski definition) is 4. The van der Waals surface area contributed by atoms with Gasteiger partial charge in [-0.25, -0.2) is 0 Å². The molecule has 1 amide bonds. The van der Waals surface area contributed by atoms with Crippen molar-refractivity contribution >= 4 is 11.7 Å². The van der Waals surface area contributed by atoms with Gasteiger partial charge in [-0.15, -0.1) is 0 Å². The molecule has 1 aliphatic heterocycles. The van der Waals surface area contributed by atoms with Gasteiger partial charge in [-0.3, -0.25) is 14.8 Å². The third-order valence-electron chi connectivity index (χ3n) is 4.98. The molecule has 0 radical (unpaired) electrons. The fourth-order valence-electron chi connectivity index (χ4n) is 3.80. The Morgan fingerprint density at radius 1 is 1.29 bits per heavy atom. The first kappa shape index (κ1) is 14.4. The van der Waals surface area contributed by atoms with Crippen LogP contribution in [0, 0.1) is 0 Å². The van der Waals surface area contributed by atoms with E-state index in [4.69, 9.17) is 5.73 Å². The zero-order chi connectivity index (χ0) is 14.7. The van der Waals surface area contributed by atoms with Gasteiger partial charge in [0.25, 0.3) is 5.91 Å². The lowest BCUT2D eigenvalue weighted by Gasteiger charge is -2.45. The standard InChI is InChI=1S/C15H25N5O/c16-13-10-12(18-19-13)14(21)17-11-15(6-2-1-3-7-15)20-8-4-5-9-20/h10H,1-9,11H2,(H,17,21)(H3,16,18,19). The van der Waals surface area contributed by atoms with Gasteiger partial charge in [0, 0.05) is 18.2 Å². The molecule has 1 saturated carbocycles. The molecule has 21 heavy (non-hydrogen) atoms. The van der Waals surface area contributed by atoms with Crippen LogP contribution in [0.15, 0.2) is 6.07 Å². The molecule has 1 saturated heterocycles. The highest BCUT2D eigenvalue weighted by Crippen LogP contribution is 2.35. The first-order chi connectivity index (χ1) is 10.2. The summed E-state index contributed by atoms with van der Waals surface area (Å²) in [5.74, 6) is 0.246. The van der Waals surface area contributed by atoms with E-state index >= 15 is 0 Å². The monoisotopic (exact) mass is 291 g/mol. The minimum atomic E-state index is -0.108. The number of anilines is 1. The number of aromatic nitrogens is 2. The van der Waals surface area contributed by atoms with Gasteiger partial charge in [0.2, 0.25) is 0 Å². The van der Waals surface area contributed by atoms with Crippen molar-refractivity contribution in [2.75, 3.05) is 25.4 Å². The SMILES string of the molecule is Nc1cc(C(=O)NCC2(N3CCCC3)CCCCC2)[nH]n1. The van der Waals surface area contributed by atoms with Crippen LogP contribution in [0.2, 0.25) is 0 Å². The number of nitrogens with two attached hydrogens (primary N) is 1. The van der Waals surface area contributed by atoms with E-state index in [0.29, 0.717) is 11.5 Å². The second-order valence-corrected chi connectivity index (χ2v) is 6.37. The largest absolute Gasteiger partial charge is 0.382 e. The number of amides is 1. The number of carbonyl (C=O) groups excluding carboxylic acids is 1. The number of hydrogen-bond donors (Lipinski definition) is 3. The van der Waals surface area contributed by atoms with Gasteiger partial charge in [-0.05, 0) is 38.8 Å². The van der Waals surface area contributed by atoms with Crippen LogP contribution in [0.3, 0.4) is 0 Å². The van der Waals surface area contributed by atoms with Crippen LogP contribution in [-0.2, 0) is 0 Å². The van der Waals surface area contributed by atoms with E-state index in [9.17, 15) is 4.79 Å². The molecule has 1 aromatic heterocycles.